The van der Waals surface area contributed by atoms with E-state index in [9.17, 15) is 13.6 Å². The number of primary amides is 1. The van der Waals surface area contributed by atoms with Gasteiger partial charge in [-0.05, 0) is 29.8 Å². The van der Waals surface area contributed by atoms with Gasteiger partial charge in [-0.1, -0.05) is 0 Å². The van der Waals surface area contributed by atoms with E-state index in [0.29, 0.717) is 16.6 Å². The maximum Gasteiger partial charge on any atom is 0.242 e. The lowest BCUT2D eigenvalue weighted by Crippen LogP contribution is -2.08. The molecular formula is C16H11F2N3O. The second kappa shape index (κ2) is 5.40. The van der Waals surface area contributed by atoms with Crippen molar-refractivity contribution in [3.05, 3.63) is 71.6 Å². The zero-order valence-corrected chi connectivity index (χ0v) is 11.3. The van der Waals surface area contributed by atoms with Gasteiger partial charge in [0.1, 0.15) is 17.3 Å². The molecule has 0 atom stereocenters. The molecule has 1 amide bonds. The van der Waals surface area contributed by atoms with Crippen LogP contribution in [0.4, 0.5) is 8.78 Å². The molecule has 0 aliphatic rings. The van der Waals surface area contributed by atoms with Crippen LogP contribution < -0.4 is 5.73 Å². The monoisotopic (exact) mass is 299 g/mol. The minimum absolute atomic E-state index is 0.0879. The third kappa shape index (κ3) is 2.46. The average Bonchev–Trinajstić information content (AvgIpc) is 2.89. The van der Waals surface area contributed by atoms with E-state index in [0.717, 1.165) is 18.2 Å². The first kappa shape index (κ1) is 13.9. The fourth-order valence-electron chi connectivity index (χ4n) is 2.33. The molecule has 2 heterocycles. The van der Waals surface area contributed by atoms with Crippen molar-refractivity contribution in [2.45, 2.75) is 0 Å². The van der Waals surface area contributed by atoms with Crippen molar-refractivity contribution in [1.29, 1.82) is 0 Å². The number of aromatic amines is 1. The molecule has 0 fully saturated rings. The largest absolute Gasteiger partial charge is 0.366 e. The first-order chi connectivity index (χ1) is 10.6. The van der Waals surface area contributed by atoms with Gasteiger partial charge >= 0.3 is 0 Å². The van der Waals surface area contributed by atoms with E-state index in [2.05, 4.69) is 9.97 Å². The van der Waals surface area contributed by atoms with E-state index in [1.54, 1.807) is 24.5 Å². The summed E-state index contributed by atoms with van der Waals surface area (Å²) in [6, 6.07) is 6.67. The first-order valence-electron chi connectivity index (χ1n) is 6.45. The summed E-state index contributed by atoms with van der Waals surface area (Å²) >= 11 is 0. The summed E-state index contributed by atoms with van der Waals surface area (Å²) in [4.78, 5) is 18.4. The molecule has 3 N–H and O–H groups in total. The Morgan fingerprint density at radius 2 is 2.05 bits per heavy atom. The van der Waals surface area contributed by atoms with Crippen LogP contribution in [0.5, 0.6) is 0 Å². The number of rotatable bonds is 3. The number of nitrogens with zero attached hydrogens (tertiary/aromatic N) is 1. The molecule has 0 saturated carbocycles. The van der Waals surface area contributed by atoms with Crippen LogP contribution in [0.3, 0.4) is 0 Å². The van der Waals surface area contributed by atoms with E-state index >= 15 is 0 Å². The summed E-state index contributed by atoms with van der Waals surface area (Å²) in [5, 5.41) is 0.707. The fourth-order valence-corrected chi connectivity index (χ4v) is 2.33. The molecular weight excluding hydrogens is 288 g/mol. The van der Waals surface area contributed by atoms with Gasteiger partial charge in [0.15, 0.2) is 0 Å². The Morgan fingerprint density at radius 3 is 2.77 bits per heavy atom. The zero-order chi connectivity index (χ0) is 15.7. The number of amides is 1. The molecule has 0 saturated heterocycles. The van der Waals surface area contributed by atoms with Gasteiger partial charge in [-0.15, -0.1) is 0 Å². The Bertz CT molecular complexity index is 899. The normalized spacial score (nSPS) is 11.8. The van der Waals surface area contributed by atoms with Gasteiger partial charge in [0.05, 0.1) is 0 Å². The third-order valence-corrected chi connectivity index (χ3v) is 3.25. The lowest BCUT2D eigenvalue weighted by molar-refractivity contribution is -0.113. The molecule has 0 spiro atoms. The van der Waals surface area contributed by atoms with Gasteiger partial charge in [0.25, 0.3) is 0 Å². The van der Waals surface area contributed by atoms with Gasteiger partial charge in [0, 0.05) is 41.0 Å². The topological polar surface area (TPSA) is 71.8 Å². The SMILES string of the molecule is NC(=O)C=C(c1ccc(F)cc1F)c1c[nH]c2ncccc12. The van der Waals surface area contributed by atoms with E-state index in [1.165, 1.54) is 6.07 Å². The lowest BCUT2D eigenvalue weighted by Gasteiger charge is -2.08. The van der Waals surface area contributed by atoms with Gasteiger partial charge in [-0.2, -0.15) is 0 Å². The van der Waals surface area contributed by atoms with Crippen molar-refractivity contribution >= 4 is 22.5 Å². The van der Waals surface area contributed by atoms with Crippen LogP contribution in [-0.4, -0.2) is 15.9 Å². The van der Waals surface area contributed by atoms with Crippen molar-refractivity contribution in [2.75, 3.05) is 0 Å². The van der Waals surface area contributed by atoms with Crippen molar-refractivity contribution in [3.63, 3.8) is 0 Å². The Balaban J connectivity index is 2.26. The fraction of sp³-hybridized carbons (Fsp3) is 0. The Morgan fingerprint density at radius 1 is 1.23 bits per heavy atom. The molecule has 3 rings (SSSR count). The molecule has 4 nitrogen and oxygen atoms in total. The highest BCUT2D eigenvalue weighted by Crippen LogP contribution is 2.30. The number of hydrogen-bond donors (Lipinski definition) is 2. The van der Waals surface area contributed by atoms with Crippen LogP contribution in [0.1, 0.15) is 11.1 Å². The lowest BCUT2D eigenvalue weighted by atomic mass is 9.97. The Hall–Kier alpha value is -3.02. The molecule has 0 unspecified atom stereocenters. The zero-order valence-electron chi connectivity index (χ0n) is 11.3. The third-order valence-electron chi connectivity index (χ3n) is 3.25. The van der Waals surface area contributed by atoms with Crippen LogP contribution in [0, 0.1) is 11.6 Å². The van der Waals surface area contributed by atoms with E-state index in [1.807, 2.05) is 0 Å². The van der Waals surface area contributed by atoms with Crippen molar-refractivity contribution in [1.82, 2.24) is 9.97 Å². The molecule has 1 aromatic carbocycles. The summed E-state index contributed by atoms with van der Waals surface area (Å²) in [5.74, 6) is -2.19. The number of pyridine rings is 1. The molecule has 3 aromatic rings. The molecule has 0 bridgehead atoms. The number of carbonyl (C=O) groups excluding carboxylic acids is 1. The van der Waals surface area contributed by atoms with Gasteiger partial charge in [0.2, 0.25) is 5.91 Å². The predicted octanol–water partition coefficient (Wildman–Crippen LogP) is 2.76. The quantitative estimate of drug-likeness (QED) is 0.730. The molecule has 22 heavy (non-hydrogen) atoms. The number of nitrogens with one attached hydrogen (secondary N) is 1. The molecule has 2 aromatic heterocycles. The van der Waals surface area contributed by atoms with Gasteiger partial charge in [-0.3, -0.25) is 4.79 Å². The summed E-state index contributed by atoms with van der Waals surface area (Å²) in [6.07, 6.45) is 4.33. The minimum atomic E-state index is -0.772. The second-order valence-electron chi connectivity index (χ2n) is 4.69. The van der Waals surface area contributed by atoms with Crippen LogP contribution in [-0.2, 0) is 4.79 Å². The molecule has 6 heteroatoms. The van der Waals surface area contributed by atoms with Crippen molar-refractivity contribution in [3.8, 4) is 0 Å². The summed E-state index contributed by atoms with van der Waals surface area (Å²) in [6.45, 7) is 0. The second-order valence-corrected chi connectivity index (χ2v) is 4.69. The maximum atomic E-state index is 14.1. The van der Waals surface area contributed by atoms with Crippen LogP contribution in [0.2, 0.25) is 0 Å². The number of H-pyrrole nitrogens is 1. The summed E-state index contributed by atoms with van der Waals surface area (Å²) in [5.41, 5.74) is 6.73. The highest BCUT2D eigenvalue weighted by molar-refractivity contribution is 6.03. The number of aromatic nitrogens is 2. The molecule has 0 radical (unpaired) electrons. The van der Waals surface area contributed by atoms with Crippen LogP contribution in [0.15, 0.2) is 48.8 Å². The first-order valence-corrected chi connectivity index (χ1v) is 6.45. The molecule has 0 aliphatic carbocycles. The average molecular weight is 299 g/mol. The van der Waals surface area contributed by atoms with Gasteiger partial charge < -0.3 is 10.7 Å². The highest BCUT2D eigenvalue weighted by atomic mass is 19.1. The Kier molecular flexibility index (Phi) is 3.42. The van der Waals surface area contributed by atoms with E-state index in [-0.39, 0.29) is 11.1 Å². The van der Waals surface area contributed by atoms with Crippen molar-refractivity contribution in [2.24, 2.45) is 5.73 Å². The smallest absolute Gasteiger partial charge is 0.242 e. The minimum Gasteiger partial charge on any atom is -0.366 e. The van der Waals surface area contributed by atoms with E-state index < -0.39 is 17.5 Å². The maximum absolute atomic E-state index is 14.1. The number of benzene rings is 1. The van der Waals surface area contributed by atoms with Crippen molar-refractivity contribution < 1.29 is 13.6 Å². The molecule has 0 aliphatic heterocycles. The number of halogens is 2. The number of carbonyl (C=O) groups is 1. The van der Waals surface area contributed by atoms with Crippen LogP contribution >= 0.6 is 0 Å². The summed E-state index contributed by atoms with van der Waals surface area (Å²) in [7, 11) is 0. The number of fused-ring (bicyclic) bond motifs is 1. The summed E-state index contributed by atoms with van der Waals surface area (Å²) < 4.78 is 27.2. The van der Waals surface area contributed by atoms with Crippen LogP contribution in [0.25, 0.3) is 16.6 Å². The standard InChI is InChI=1S/C16H11F2N3O/c17-9-3-4-10(14(18)6-9)12(7-15(19)22)13-8-21-16-11(13)2-1-5-20-16/h1-8H,(H2,19,22)(H,20,21). The van der Waals surface area contributed by atoms with Gasteiger partial charge in [-0.25, -0.2) is 13.8 Å². The number of nitrogens with two attached hydrogens (primary N) is 1. The predicted molar refractivity (Wildman–Crippen MR) is 78.7 cm³/mol. The molecule has 110 valence electrons. The highest BCUT2D eigenvalue weighted by Gasteiger charge is 2.16. The van der Waals surface area contributed by atoms with E-state index in [4.69, 9.17) is 5.73 Å². The number of hydrogen-bond acceptors (Lipinski definition) is 2. The Labute approximate surface area is 124 Å².